The normalized spacial score (nSPS) is 17.9. The minimum absolute atomic E-state index is 0.0479. The summed E-state index contributed by atoms with van der Waals surface area (Å²) in [6.07, 6.45) is 4.20. The molecule has 256 valence electrons. The number of nitrogens with zero attached hydrogens (tertiary/aromatic N) is 5. The number of fused-ring (bicyclic) bond motifs is 3. The van der Waals surface area contributed by atoms with Gasteiger partial charge in [0.1, 0.15) is 0 Å². The summed E-state index contributed by atoms with van der Waals surface area (Å²) in [5.74, 6) is -0.138. The van der Waals surface area contributed by atoms with E-state index in [0.29, 0.717) is 50.4 Å². The van der Waals surface area contributed by atoms with Crippen LogP contribution in [0.5, 0.6) is 0 Å². The molecule has 0 bridgehead atoms. The van der Waals surface area contributed by atoms with E-state index in [1.807, 2.05) is 58.9 Å². The van der Waals surface area contributed by atoms with Gasteiger partial charge in [-0.1, -0.05) is 43.7 Å². The number of pyridine rings is 1. The molecule has 0 unspecified atom stereocenters. The van der Waals surface area contributed by atoms with E-state index in [4.69, 9.17) is 4.74 Å². The Kier molecular flexibility index (Phi) is 9.42. The summed E-state index contributed by atoms with van der Waals surface area (Å²) in [6, 6.07) is 20.1. The molecule has 49 heavy (non-hydrogen) atoms. The number of hydrogen-bond acceptors (Lipinski definition) is 5. The first-order valence-electron chi connectivity index (χ1n) is 17.5. The summed E-state index contributed by atoms with van der Waals surface area (Å²) in [5, 5.41) is 9.83. The number of unbranched alkanes of at least 4 members (excludes halogenated alkanes) is 1. The van der Waals surface area contributed by atoms with Crippen molar-refractivity contribution in [2.75, 3.05) is 53.0 Å². The maximum Gasteiger partial charge on any atom is 0.407 e. The molecule has 4 aromatic rings. The number of rotatable bonds is 8. The van der Waals surface area contributed by atoms with Gasteiger partial charge >= 0.3 is 6.09 Å². The van der Waals surface area contributed by atoms with Gasteiger partial charge in [0.05, 0.1) is 30.0 Å². The molecule has 3 amide bonds. The smallest absolute Gasteiger partial charge is 0.407 e. The molecule has 3 aliphatic rings. The molecule has 3 aliphatic heterocycles. The lowest BCUT2D eigenvalue weighted by Crippen LogP contribution is -2.52. The number of carbonyl (C=O) groups excluding carboxylic acids is 2. The molecule has 0 saturated carbocycles. The van der Waals surface area contributed by atoms with Crippen molar-refractivity contribution in [2.24, 2.45) is 0 Å². The fourth-order valence-corrected chi connectivity index (χ4v) is 7.62. The van der Waals surface area contributed by atoms with Crippen LogP contribution in [-0.4, -0.2) is 106 Å². The lowest BCUT2D eigenvalue weighted by Gasteiger charge is -2.41. The van der Waals surface area contributed by atoms with E-state index in [-0.39, 0.29) is 24.4 Å². The Balaban J connectivity index is 1.35. The van der Waals surface area contributed by atoms with E-state index >= 15 is 4.79 Å². The average molecular weight is 664 g/mol. The third-order valence-electron chi connectivity index (χ3n) is 10.4. The molecule has 2 aromatic carbocycles. The predicted octanol–water partition coefficient (Wildman–Crippen LogP) is 5.41. The minimum Gasteiger partial charge on any atom is -0.465 e. The van der Waals surface area contributed by atoms with Gasteiger partial charge in [-0.2, -0.15) is 0 Å². The van der Waals surface area contributed by atoms with Crippen LogP contribution in [-0.2, 0) is 30.7 Å². The van der Waals surface area contributed by atoms with Crippen LogP contribution in [0.1, 0.15) is 62.7 Å². The number of aromatic nitrogens is 1. The monoisotopic (exact) mass is 663 g/mol. The molecular weight excluding hydrogens is 618 g/mol. The van der Waals surface area contributed by atoms with Crippen molar-refractivity contribution in [1.29, 1.82) is 0 Å². The zero-order valence-corrected chi connectivity index (χ0v) is 28.4. The van der Waals surface area contributed by atoms with Crippen LogP contribution < -0.4 is 0 Å². The topological polar surface area (TPSA) is 98.0 Å². The summed E-state index contributed by atoms with van der Waals surface area (Å²) >= 11 is 0. The fraction of sp³-hybridized carbons (Fsp3) is 0.410. The van der Waals surface area contributed by atoms with E-state index in [9.17, 15) is 14.7 Å². The fourth-order valence-electron chi connectivity index (χ4n) is 7.62. The van der Waals surface area contributed by atoms with Gasteiger partial charge in [0, 0.05) is 76.2 Å². The second-order valence-corrected chi connectivity index (χ2v) is 13.6. The van der Waals surface area contributed by atoms with Gasteiger partial charge in [0.25, 0.3) is 11.8 Å². The van der Waals surface area contributed by atoms with Crippen LogP contribution in [0.25, 0.3) is 16.8 Å². The maximum absolute atomic E-state index is 15.1. The number of ether oxygens (including phenoxy) is 1. The number of morpholine rings is 1. The summed E-state index contributed by atoms with van der Waals surface area (Å²) in [4.78, 5) is 48.5. The van der Waals surface area contributed by atoms with Crippen LogP contribution in [0.15, 0.2) is 66.9 Å². The Morgan fingerprint density at radius 3 is 2.45 bits per heavy atom. The molecule has 0 spiro atoms. The SMILES string of the molecule is CCCCN(C)C(=O)c1cc(-c2cc3c(cc2C(=O)N2Cc4ccccc4C[C@H]2CN2CCOCC2)CN(C(=O)O)CC3)n2ccccc12. The number of amides is 3. The number of carboxylic acid groups (broad SMARTS) is 1. The molecule has 1 atom stereocenters. The standard InChI is InChI=1S/C39H45N5O5/c1-3-4-13-40(2)37(45)34-23-36(43-14-8-7-11-35(34)43)32-21-28-12-15-42(39(47)48)24-30(28)22-33(32)38(46)44-25-29-10-6-5-9-27(29)20-31(44)26-41-16-18-49-19-17-41/h5-11,14,21-23,31H,3-4,12-13,15-20,24-26H2,1-2H3,(H,47,48)/t31-/m0/s1. The lowest BCUT2D eigenvalue weighted by molar-refractivity contribution is 0.0193. The molecule has 0 radical (unpaired) electrons. The molecule has 0 aliphatic carbocycles. The molecule has 5 heterocycles. The first-order valence-corrected chi connectivity index (χ1v) is 17.5. The van der Waals surface area contributed by atoms with Crippen molar-refractivity contribution in [3.8, 4) is 11.3 Å². The first kappa shape index (κ1) is 32.9. The van der Waals surface area contributed by atoms with Crippen molar-refractivity contribution in [1.82, 2.24) is 24.0 Å². The maximum atomic E-state index is 15.1. The number of carbonyl (C=O) groups is 3. The number of benzene rings is 2. The molecule has 2 aromatic heterocycles. The highest BCUT2D eigenvalue weighted by Gasteiger charge is 2.35. The van der Waals surface area contributed by atoms with Gasteiger partial charge < -0.3 is 28.9 Å². The second-order valence-electron chi connectivity index (χ2n) is 13.6. The highest BCUT2D eigenvalue weighted by molar-refractivity contribution is 6.05. The summed E-state index contributed by atoms with van der Waals surface area (Å²) in [5.41, 5.74) is 7.72. The largest absolute Gasteiger partial charge is 0.465 e. The van der Waals surface area contributed by atoms with Gasteiger partial charge in [-0.05, 0) is 71.8 Å². The Labute approximate surface area is 287 Å². The third kappa shape index (κ3) is 6.55. The zero-order valence-electron chi connectivity index (χ0n) is 28.4. The molecule has 1 fully saturated rings. The van der Waals surface area contributed by atoms with Crippen LogP contribution in [0.4, 0.5) is 4.79 Å². The van der Waals surface area contributed by atoms with Crippen LogP contribution in [0.2, 0.25) is 0 Å². The van der Waals surface area contributed by atoms with Crippen molar-refractivity contribution in [3.63, 3.8) is 0 Å². The highest BCUT2D eigenvalue weighted by Crippen LogP contribution is 2.36. The van der Waals surface area contributed by atoms with Crippen LogP contribution in [0, 0.1) is 0 Å². The third-order valence-corrected chi connectivity index (χ3v) is 10.4. The summed E-state index contributed by atoms with van der Waals surface area (Å²) in [6.45, 7) is 7.65. The summed E-state index contributed by atoms with van der Waals surface area (Å²) < 4.78 is 7.64. The second kappa shape index (κ2) is 14.1. The zero-order chi connectivity index (χ0) is 34.1. The van der Waals surface area contributed by atoms with Crippen molar-refractivity contribution < 1.29 is 24.2 Å². The van der Waals surface area contributed by atoms with Gasteiger partial charge in [-0.25, -0.2) is 4.79 Å². The van der Waals surface area contributed by atoms with E-state index in [2.05, 4.69) is 36.1 Å². The van der Waals surface area contributed by atoms with E-state index in [1.54, 1.807) is 4.90 Å². The van der Waals surface area contributed by atoms with Crippen molar-refractivity contribution in [3.05, 3.63) is 100 Å². The Morgan fingerprint density at radius 1 is 0.898 bits per heavy atom. The van der Waals surface area contributed by atoms with E-state index < -0.39 is 6.09 Å². The van der Waals surface area contributed by atoms with Gasteiger partial charge in [0.15, 0.2) is 0 Å². The highest BCUT2D eigenvalue weighted by atomic mass is 16.5. The molecule has 7 rings (SSSR count). The molecule has 1 N–H and O–H groups in total. The summed E-state index contributed by atoms with van der Waals surface area (Å²) in [7, 11) is 1.84. The Morgan fingerprint density at radius 2 is 1.67 bits per heavy atom. The quantitative estimate of drug-likeness (QED) is 0.271. The van der Waals surface area contributed by atoms with Gasteiger partial charge in [-0.3, -0.25) is 14.5 Å². The van der Waals surface area contributed by atoms with Crippen molar-refractivity contribution in [2.45, 2.75) is 51.7 Å². The van der Waals surface area contributed by atoms with E-state index in [1.165, 1.54) is 10.5 Å². The van der Waals surface area contributed by atoms with Gasteiger partial charge in [-0.15, -0.1) is 0 Å². The van der Waals surface area contributed by atoms with Crippen LogP contribution >= 0.6 is 0 Å². The Bertz CT molecular complexity index is 1880. The minimum atomic E-state index is -0.964. The number of hydrogen-bond donors (Lipinski definition) is 1. The first-order chi connectivity index (χ1) is 23.8. The van der Waals surface area contributed by atoms with Gasteiger partial charge in [0.2, 0.25) is 0 Å². The average Bonchev–Trinajstić information content (AvgIpc) is 3.52. The molecule has 1 saturated heterocycles. The molecule has 10 heteroatoms. The van der Waals surface area contributed by atoms with Crippen LogP contribution in [0.3, 0.4) is 0 Å². The Hall–Kier alpha value is -4.67. The van der Waals surface area contributed by atoms with Crippen molar-refractivity contribution >= 4 is 23.4 Å². The predicted molar refractivity (Wildman–Crippen MR) is 188 cm³/mol. The van der Waals surface area contributed by atoms with E-state index in [0.717, 1.165) is 72.4 Å². The molecular formula is C39H45N5O5. The lowest BCUT2D eigenvalue weighted by atomic mass is 9.89. The molecule has 10 nitrogen and oxygen atoms in total.